The molecule has 0 spiro atoms. The number of pyridine rings is 1. The second-order valence-electron chi connectivity index (χ2n) is 7.63. The van der Waals surface area contributed by atoms with E-state index in [4.69, 9.17) is 10.00 Å². The maximum atomic E-state index is 12.1. The van der Waals surface area contributed by atoms with Crippen LogP contribution in [-0.2, 0) is 4.74 Å². The molecule has 10 heteroatoms. The first-order valence-electron chi connectivity index (χ1n) is 10.9. The molecule has 4 heterocycles. The molecule has 0 aromatic carbocycles. The van der Waals surface area contributed by atoms with Crippen LogP contribution < -0.4 is 16.0 Å². The Kier molecular flexibility index (Phi) is 7.44. The van der Waals surface area contributed by atoms with Crippen molar-refractivity contribution in [3.8, 4) is 17.2 Å². The summed E-state index contributed by atoms with van der Waals surface area (Å²) in [7, 11) is 0. The highest BCUT2D eigenvalue weighted by molar-refractivity contribution is 7.12. The van der Waals surface area contributed by atoms with Gasteiger partial charge in [0, 0.05) is 30.1 Å². The Bertz CT molecular complexity index is 1130. The third-order valence-electron chi connectivity index (χ3n) is 5.35. The summed E-state index contributed by atoms with van der Waals surface area (Å²) in [6.45, 7) is 5.06. The lowest BCUT2D eigenvalue weighted by molar-refractivity contribution is 0.0532. The molecule has 33 heavy (non-hydrogen) atoms. The van der Waals surface area contributed by atoms with Crippen molar-refractivity contribution in [3.63, 3.8) is 0 Å². The number of carbonyl (C=O) groups is 1. The summed E-state index contributed by atoms with van der Waals surface area (Å²) in [4.78, 5) is 25.4. The number of nitrogens with one attached hydrogen (secondary N) is 3. The van der Waals surface area contributed by atoms with Crippen molar-refractivity contribution in [2.45, 2.75) is 19.8 Å². The Morgan fingerprint density at radius 3 is 2.76 bits per heavy atom. The predicted octanol–water partition coefficient (Wildman–Crippen LogP) is 3.80. The van der Waals surface area contributed by atoms with Crippen LogP contribution in [0.2, 0.25) is 0 Å². The van der Waals surface area contributed by atoms with Crippen LogP contribution >= 0.6 is 11.3 Å². The highest BCUT2D eigenvalue weighted by atomic mass is 32.1. The third kappa shape index (κ3) is 5.83. The standard InChI is InChI=1S/C23H25N7O2S/c1-2-32-23(31)20-7-16(14-33-20)18-12-29-21(30-22-13-26-17(9-24)11-28-22)8-19(18)27-10-15-3-5-25-6-4-15/h7-8,11-15,25H,2-6,10H2,1H3,(H2,27,28,29,30). The number of hydrogen-bond donors (Lipinski definition) is 3. The smallest absolute Gasteiger partial charge is 0.348 e. The van der Waals surface area contributed by atoms with Gasteiger partial charge in [-0.25, -0.2) is 19.7 Å². The fourth-order valence-corrected chi connectivity index (χ4v) is 4.41. The van der Waals surface area contributed by atoms with Gasteiger partial charge in [0.1, 0.15) is 22.6 Å². The highest BCUT2D eigenvalue weighted by Crippen LogP contribution is 2.33. The van der Waals surface area contributed by atoms with Crippen LogP contribution in [0, 0.1) is 17.2 Å². The maximum Gasteiger partial charge on any atom is 0.348 e. The second kappa shape index (κ2) is 10.8. The van der Waals surface area contributed by atoms with E-state index in [0.29, 0.717) is 29.0 Å². The number of thiophene rings is 1. The van der Waals surface area contributed by atoms with Gasteiger partial charge in [-0.05, 0) is 55.8 Å². The molecule has 0 bridgehead atoms. The number of nitriles is 1. The minimum absolute atomic E-state index is 0.253. The molecule has 0 aliphatic carbocycles. The van der Waals surface area contributed by atoms with E-state index in [1.807, 2.05) is 23.6 Å². The van der Waals surface area contributed by atoms with Crippen molar-refractivity contribution in [1.82, 2.24) is 20.3 Å². The molecule has 1 aliphatic heterocycles. The minimum Gasteiger partial charge on any atom is -0.462 e. The van der Waals surface area contributed by atoms with Crippen molar-refractivity contribution in [3.05, 3.63) is 46.7 Å². The molecule has 1 aliphatic rings. The van der Waals surface area contributed by atoms with E-state index in [0.717, 1.165) is 49.3 Å². The predicted molar refractivity (Wildman–Crippen MR) is 128 cm³/mol. The number of piperidine rings is 1. The fraction of sp³-hybridized carbons (Fsp3) is 0.348. The van der Waals surface area contributed by atoms with Gasteiger partial charge in [0.2, 0.25) is 0 Å². The van der Waals surface area contributed by atoms with E-state index in [2.05, 4.69) is 30.9 Å². The van der Waals surface area contributed by atoms with Gasteiger partial charge in [-0.15, -0.1) is 11.3 Å². The number of esters is 1. The Balaban J connectivity index is 1.58. The second-order valence-corrected chi connectivity index (χ2v) is 8.54. The number of nitrogens with zero attached hydrogens (tertiary/aromatic N) is 4. The van der Waals surface area contributed by atoms with E-state index in [-0.39, 0.29) is 11.7 Å². The molecule has 4 rings (SSSR count). The van der Waals surface area contributed by atoms with Crippen molar-refractivity contribution >= 4 is 34.6 Å². The molecule has 1 fully saturated rings. The van der Waals surface area contributed by atoms with Gasteiger partial charge >= 0.3 is 5.97 Å². The Morgan fingerprint density at radius 1 is 1.21 bits per heavy atom. The molecule has 9 nitrogen and oxygen atoms in total. The van der Waals surface area contributed by atoms with Crippen molar-refractivity contribution < 1.29 is 9.53 Å². The SMILES string of the molecule is CCOC(=O)c1cc(-c2cnc(Nc3cnc(C#N)cn3)cc2NCC2CCNCC2)cs1. The third-order valence-corrected chi connectivity index (χ3v) is 6.26. The summed E-state index contributed by atoms with van der Waals surface area (Å²) in [5.41, 5.74) is 2.99. The van der Waals surface area contributed by atoms with Gasteiger partial charge in [-0.1, -0.05) is 0 Å². The van der Waals surface area contributed by atoms with Crippen molar-refractivity contribution in [2.24, 2.45) is 5.92 Å². The quantitative estimate of drug-likeness (QED) is 0.428. The average Bonchev–Trinajstić information content (AvgIpc) is 3.34. The molecule has 0 radical (unpaired) electrons. The molecule has 3 N–H and O–H groups in total. The molecule has 0 unspecified atom stereocenters. The lowest BCUT2D eigenvalue weighted by atomic mass is 9.98. The topological polar surface area (TPSA) is 125 Å². The van der Waals surface area contributed by atoms with Crippen LogP contribution in [0.1, 0.15) is 35.1 Å². The first-order chi connectivity index (χ1) is 16.2. The monoisotopic (exact) mass is 463 g/mol. The zero-order valence-corrected chi connectivity index (χ0v) is 19.1. The summed E-state index contributed by atoms with van der Waals surface area (Å²) in [6.07, 6.45) is 6.95. The van der Waals surface area contributed by atoms with Gasteiger partial charge in [-0.3, -0.25) is 0 Å². The summed E-state index contributed by atoms with van der Waals surface area (Å²) in [6, 6.07) is 5.73. The lowest BCUT2D eigenvalue weighted by Gasteiger charge is -2.24. The van der Waals surface area contributed by atoms with Gasteiger partial charge in [0.15, 0.2) is 5.69 Å². The molecule has 1 saturated heterocycles. The zero-order valence-electron chi connectivity index (χ0n) is 18.3. The minimum atomic E-state index is -0.316. The lowest BCUT2D eigenvalue weighted by Crippen LogP contribution is -2.31. The van der Waals surface area contributed by atoms with E-state index in [9.17, 15) is 4.79 Å². The van der Waals surface area contributed by atoms with E-state index in [1.54, 1.807) is 13.1 Å². The van der Waals surface area contributed by atoms with Gasteiger partial charge in [0.25, 0.3) is 0 Å². The van der Waals surface area contributed by atoms with Crippen molar-refractivity contribution in [1.29, 1.82) is 5.26 Å². The molecule has 0 amide bonds. The number of ether oxygens (including phenoxy) is 1. The number of carbonyl (C=O) groups excluding carboxylic acids is 1. The molecule has 3 aromatic rings. The number of rotatable bonds is 8. The van der Waals surface area contributed by atoms with E-state index in [1.165, 1.54) is 23.7 Å². The first-order valence-corrected chi connectivity index (χ1v) is 11.7. The van der Waals surface area contributed by atoms with Crippen LogP contribution in [0.4, 0.5) is 17.3 Å². The van der Waals surface area contributed by atoms with Gasteiger partial charge in [0.05, 0.1) is 19.0 Å². The Morgan fingerprint density at radius 2 is 2.03 bits per heavy atom. The van der Waals surface area contributed by atoms with E-state index < -0.39 is 0 Å². The van der Waals surface area contributed by atoms with Crippen LogP contribution in [0.3, 0.4) is 0 Å². The Labute approximate surface area is 196 Å². The molecule has 170 valence electrons. The summed E-state index contributed by atoms with van der Waals surface area (Å²) in [5.74, 6) is 1.37. The largest absolute Gasteiger partial charge is 0.462 e. The number of hydrogen-bond acceptors (Lipinski definition) is 10. The average molecular weight is 464 g/mol. The van der Waals surface area contributed by atoms with E-state index >= 15 is 0 Å². The molecule has 0 saturated carbocycles. The first kappa shape index (κ1) is 22.6. The summed E-state index contributed by atoms with van der Waals surface area (Å²) >= 11 is 1.36. The summed E-state index contributed by atoms with van der Waals surface area (Å²) < 4.78 is 5.13. The molecule has 0 atom stereocenters. The van der Waals surface area contributed by atoms with Crippen LogP contribution in [0.15, 0.2) is 36.1 Å². The molecular weight excluding hydrogens is 438 g/mol. The number of aromatic nitrogens is 3. The normalized spacial score (nSPS) is 13.8. The maximum absolute atomic E-state index is 12.1. The highest BCUT2D eigenvalue weighted by Gasteiger charge is 2.17. The molecule has 3 aromatic heterocycles. The summed E-state index contributed by atoms with van der Waals surface area (Å²) in [5, 5.41) is 21.0. The van der Waals surface area contributed by atoms with Crippen molar-refractivity contribution in [2.75, 3.05) is 36.9 Å². The molecular formula is C23H25N7O2S. The zero-order chi connectivity index (χ0) is 23.0. The fourth-order valence-electron chi connectivity index (χ4n) is 3.61. The van der Waals surface area contributed by atoms with Gasteiger partial charge in [-0.2, -0.15) is 5.26 Å². The van der Waals surface area contributed by atoms with Crippen LogP contribution in [-0.4, -0.2) is 47.2 Å². The van der Waals surface area contributed by atoms with Crippen LogP contribution in [0.5, 0.6) is 0 Å². The Hall–Kier alpha value is -3.55. The van der Waals surface area contributed by atoms with Crippen LogP contribution in [0.25, 0.3) is 11.1 Å². The van der Waals surface area contributed by atoms with Gasteiger partial charge < -0.3 is 20.7 Å². The number of anilines is 3.